The molecule has 0 saturated carbocycles. The summed E-state index contributed by atoms with van der Waals surface area (Å²) < 4.78 is 18.5. The summed E-state index contributed by atoms with van der Waals surface area (Å²) >= 11 is 14.0. The molecule has 5 aromatic rings. The molecule has 0 spiro atoms. The summed E-state index contributed by atoms with van der Waals surface area (Å²) in [4.78, 5) is 29.5. The number of ether oxygens (including phenoxy) is 2. The number of methoxy groups -OCH3 is 1. The first-order chi connectivity index (χ1) is 26.7. The van der Waals surface area contributed by atoms with Crippen molar-refractivity contribution in [3.05, 3.63) is 97.8 Å². The molecular formula is C42H39Cl2N5O6. The van der Waals surface area contributed by atoms with Crippen LogP contribution in [0.5, 0.6) is 11.8 Å². The maximum atomic E-state index is 11.7. The number of aliphatic carboxylic acids is 1. The van der Waals surface area contributed by atoms with Crippen molar-refractivity contribution in [3.8, 4) is 34.3 Å². The highest BCUT2D eigenvalue weighted by Crippen LogP contribution is 2.48. The fourth-order valence-electron chi connectivity index (χ4n) is 9.08. The smallest absolute Gasteiger partial charge is 0.307 e. The minimum atomic E-state index is -0.757. The quantitative estimate of drug-likeness (QED) is 0.141. The zero-order valence-corrected chi connectivity index (χ0v) is 31.7. The number of hydrogen-bond donors (Lipinski definition) is 2. The lowest BCUT2D eigenvalue weighted by Crippen LogP contribution is -2.26. The highest BCUT2D eigenvalue weighted by atomic mass is 35.5. The van der Waals surface area contributed by atoms with E-state index in [4.69, 9.17) is 48.6 Å². The number of fused-ring (bicyclic) bond motifs is 3. The summed E-state index contributed by atoms with van der Waals surface area (Å²) in [5.74, 6) is -0.0304. The van der Waals surface area contributed by atoms with Gasteiger partial charge in [-0.25, -0.2) is 9.83 Å². The predicted molar refractivity (Wildman–Crippen MR) is 208 cm³/mol. The van der Waals surface area contributed by atoms with Crippen LogP contribution in [0.4, 0.5) is 5.69 Å². The molecule has 2 N–H and O–H groups in total. The molecule has 2 aliphatic heterocycles. The number of β-amino-alcohol motifs (C(OH)–C–C–N with tert-alkyl or cyclic N) is 1. The zero-order valence-electron chi connectivity index (χ0n) is 30.2. The molecule has 4 atom stereocenters. The van der Waals surface area contributed by atoms with Crippen molar-refractivity contribution in [1.29, 1.82) is 0 Å². The van der Waals surface area contributed by atoms with Crippen LogP contribution in [0.15, 0.2) is 52.9 Å². The van der Waals surface area contributed by atoms with Crippen molar-refractivity contribution in [1.82, 2.24) is 19.8 Å². The Morgan fingerprint density at radius 1 is 0.964 bits per heavy atom. The first kappa shape index (κ1) is 36.0. The number of carboxylic acids is 1. The van der Waals surface area contributed by atoms with Crippen LogP contribution in [0.25, 0.3) is 38.5 Å². The van der Waals surface area contributed by atoms with Crippen LogP contribution in [-0.2, 0) is 24.2 Å². The first-order valence-electron chi connectivity index (χ1n) is 18.7. The Morgan fingerprint density at radius 3 is 2.53 bits per heavy atom. The number of carboxylic acid groups (broad SMARTS) is 1. The molecule has 4 heterocycles. The van der Waals surface area contributed by atoms with Gasteiger partial charge in [-0.15, -0.1) is 0 Å². The van der Waals surface area contributed by atoms with Crippen LogP contribution in [-0.4, -0.2) is 75.3 Å². The second-order valence-electron chi connectivity index (χ2n) is 15.0. The lowest BCUT2D eigenvalue weighted by atomic mass is 9.95. The highest BCUT2D eigenvalue weighted by molar-refractivity contribution is 6.36. The van der Waals surface area contributed by atoms with E-state index in [0.29, 0.717) is 82.6 Å². The Morgan fingerprint density at radius 2 is 1.76 bits per heavy atom. The van der Waals surface area contributed by atoms with Gasteiger partial charge >= 0.3 is 5.97 Å². The first-order valence-corrected chi connectivity index (χ1v) is 19.5. The molecule has 55 heavy (non-hydrogen) atoms. The average Bonchev–Trinajstić information content (AvgIpc) is 4.03. The molecular weight excluding hydrogens is 741 g/mol. The van der Waals surface area contributed by atoms with Gasteiger partial charge in [0.2, 0.25) is 23.3 Å². The van der Waals surface area contributed by atoms with Crippen molar-refractivity contribution in [3.63, 3.8) is 0 Å². The van der Waals surface area contributed by atoms with E-state index in [-0.39, 0.29) is 24.2 Å². The number of aliphatic hydroxyl groups excluding tert-OH is 1. The molecule has 0 amide bonds. The maximum Gasteiger partial charge on any atom is 0.307 e. The molecule has 0 unspecified atom stereocenters. The number of pyridine rings is 1. The molecule has 2 aliphatic carbocycles. The normalized spacial score (nSPS) is 22.2. The Labute approximate surface area is 328 Å². The largest absolute Gasteiger partial charge is 0.481 e. The number of benzene rings is 3. The number of carbonyl (C=O) groups is 1. The van der Waals surface area contributed by atoms with E-state index >= 15 is 0 Å². The molecule has 13 heteroatoms. The van der Waals surface area contributed by atoms with Crippen molar-refractivity contribution in [2.45, 2.75) is 63.3 Å². The third-order valence-corrected chi connectivity index (χ3v) is 12.4. The number of nitrogens with zero attached hydrogens (tertiary/aromatic N) is 5. The molecule has 282 valence electrons. The van der Waals surface area contributed by atoms with Crippen molar-refractivity contribution >= 4 is 46.0 Å². The second-order valence-corrected chi connectivity index (χ2v) is 15.7. The molecule has 9 rings (SSSR count). The number of aromatic nitrogens is 2. The molecule has 0 bridgehead atoms. The van der Waals surface area contributed by atoms with Crippen LogP contribution in [0.2, 0.25) is 10.0 Å². The molecule has 11 nitrogen and oxygen atoms in total. The van der Waals surface area contributed by atoms with E-state index in [1.165, 1.54) is 0 Å². The molecule has 2 aromatic heterocycles. The summed E-state index contributed by atoms with van der Waals surface area (Å²) in [6.45, 7) is 11.3. The van der Waals surface area contributed by atoms with Crippen molar-refractivity contribution in [2.75, 3.05) is 33.3 Å². The monoisotopic (exact) mass is 779 g/mol. The predicted octanol–water partition coefficient (Wildman–Crippen LogP) is 8.45. The summed E-state index contributed by atoms with van der Waals surface area (Å²) in [7, 11) is 1.58. The van der Waals surface area contributed by atoms with Gasteiger partial charge in [0.15, 0.2) is 5.58 Å². The number of hydrogen-bond acceptors (Lipinski definition) is 9. The number of likely N-dealkylation sites (tertiary alicyclic amines) is 2. The van der Waals surface area contributed by atoms with Gasteiger partial charge in [-0.05, 0) is 91.1 Å². The Kier molecular flexibility index (Phi) is 9.43. The van der Waals surface area contributed by atoms with Crippen LogP contribution in [0.1, 0.15) is 65.6 Å². The minimum Gasteiger partial charge on any atom is -0.481 e. The lowest BCUT2D eigenvalue weighted by molar-refractivity contribution is -0.141. The number of halogens is 2. The van der Waals surface area contributed by atoms with E-state index in [1.54, 1.807) is 7.11 Å². The third kappa shape index (κ3) is 6.40. The third-order valence-electron chi connectivity index (χ3n) is 11.7. The maximum absolute atomic E-state index is 11.7. The van der Waals surface area contributed by atoms with Gasteiger partial charge < -0.3 is 24.1 Å². The number of oxazole rings is 1. The summed E-state index contributed by atoms with van der Waals surface area (Å²) in [6, 6.07) is 15.8. The van der Waals surface area contributed by atoms with Crippen LogP contribution in [0.3, 0.4) is 0 Å². The fraction of sp³-hybridized carbons (Fsp3) is 0.381. The standard InChI is InChI=1S/C42H39Cl2N5O6/c1-45-37-29-9-11-34(49-16-13-22(20-49)42(51)52)31(29)18-33-38(37)55-40(46-33)30-8-4-7-28(36(30)44)25-5-3-6-27-26(25)10-12-35(27)54-41-32(43)17-23(39(47-41)53-2)19-48-15-14-24(50)21-48/h3-8,17-18,22,24,34-35,50H,9-16,19-21H2,2H3,(H,51,52)/t22-,24-,34-,35+/m1/s1. The Balaban J connectivity index is 1.000. The van der Waals surface area contributed by atoms with Crippen LogP contribution < -0.4 is 9.47 Å². The molecule has 4 aliphatic rings. The van der Waals surface area contributed by atoms with Gasteiger partial charge in [-0.2, -0.15) is 4.98 Å². The van der Waals surface area contributed by atoms with Crippen molar-refractivity contribution < 1.29 is 28.9 Å². The number of aliphatic hydroxyl groups is 1. The number of rotatable bonds is 9. The van der Waals surface area contributed by atoms with Gasteiger partial charge in [-0.3, -0.25) is 14.6 Å². The zero-order chi connectivity index (χ0) is 38.0. The minimum absolute atomic E-state index is 0.0492. The van der Waals surface area contributed by atoms with Crippen LogP contribution in [0, 0.1) is 12.5 Å². The van der Waals surface area contributed by atoms with Gasteiger partial charge in [0, 0.05) is 43.3 Å². The van der Waals surface area contributed by atoms with E-state index in [9.17, 15) is 15.0 Å². The van der Waals surface area contributed by atoms with E-state index < -0.39 is 5.97 Å². The van der Waals surface area contributed by atoms with E-state index in [0.717, 1.165) is 77.6 Å². The lowest BCUT2D eigenvalue weighted by Gasteiger charge is -2.24. The summed E-state index contributed by atoms with van der Waals surface area (Å²) in [5.41, 5.74) is 8.95. The van der Waals surface area contributed by atoms with Crippen LogP contribution >= 0.6 is 23.2 Å². The van der Waals surface area contributed by atoms with Gasteiger partial charge in [0.1, 0.15) is 11.1 Å². The Hall–Kier alpha value is -4.70. The molecule has 3 aromatic carbocycles. The summed E-state index contributed by atoms with van der Waals surface area (Å²) in [6.07, 6.45) is 3.81. The highest BCUT2D eigenvalue weighted by Gasteiger charge is 2.38. The van der Waals surface area contributed by atoms with E-state index in [1.807, 2.05) is 36.4 Å². The molecule has 2 fully saturated rings. The topological polar surface area (TPSA) is 126 Å². The molecule has 0 radical (unpaired) electrons. The van der Waals surface area contributed by atoms with Gasteiger partial charge in [0.25, 0.3) is 0 Å². The van der Waals surface area contributed by atoms with Gasteiger partial charge in [0.05, 0.1) is 41.8 Å². The average molecular weight is 781 g/mol. The molecule has 2 saturated heterocycles. The van der Waals surface area contributed by atoms with Gasteiger partial charge in [-0.1, -0.05) is 53.5 Å². The SMILES string of the molecule is [C-]#[N+]c1c2c(cc3nc(-c4cccc(-c5cccc6c5CC[C@@H]6Oc5nc(OC)c(CN6CC[C@@H](O)C6)cc5Cl)c4Cl)oc13)[C@H](N1CC[C@@H](C(=O)O)C1)CC2. The van der Waals surface area contributed by atoms with E-state index in [2.05, 4.69) is 31.8 Å². The second kappa shape index (κ2) is 14.4. The van der Waals surface area contributed by atoms with Crippen molar-refractivity contribution in [2.24, 2.45) is 5.92 Å². The Bertz CT molecular complexity index is 2390. The summed E-state index contributed by atoms with van der Waals surface area (Å²) in [5, 5.41) is 20.4. The fourth-order valence-corrected chi connectivity index (χ4v) is 9.61.